The molecule has 5 aromatic rings. The molecule has 0 aliphatic carbocycles. The molecule has 38 heavy (non-hydrogen) atoms. The minimum atomic E-state index is -1.23. The van der Waals surface area contributed by atoms with E-state index in [9.17, 15) is 9.90 Å². The Bertz CT molecular complexity index is 1670. The van der Waals surface area contributed by atoms with Crippen LogP contribution in [0, 0.1) is 0 Å². The van der Waals surface area contributed by atoms with Gasteiger partial charge in [0, 0.05) is 48.1 Å². The number of carbonyl (C=O) groups is 1. The first kappa shape index (κ1) is 26.3. The number of rotatable bonds is 5. The van der Waals surface area contributed by atoms with E-state index in [1.165, 1.54) is 6.07 Å². The number of ether oxygens (including phenoxy) is 1. The molecule has 11 heteroatoms. The summed E-state index contributed by atoms with van der Waals surface area (Å²) in [6, 6.07) is 14.1. The maximum Gasteiger partial charge on any atom is 1.00 e. The Kier molecular flexibility index (Phi) is 7.73. The fourth-order valence-corrected chi connectivity index (χ4v) is 4.70. The third-order valence-corrected chi connectivity index (χ3v) is 6.42. The van der Waals surface area contributed by atoms with E-state index < -0.39 is 5.97 Å². The molecule has 5 heterocycles. The summed E-state index contributed by atoms with van der Waals surface area (Å²) >= 11 is 6.47. The fraction of sp³-hybridized carbons (Fsp3) is 0.148. The maximum absolute atomic E-state index is 11.4. The number of carboxylic acid groups (broad SMARTS) is 1. The first-order valence-corrected chi connectivity index (χ1v) is 12.1. The zero-order valence-electron chi connectivity index (χ0n) is 20.5. The molecule has 0 atom stereocenters. The van der Waals surface area contributed by atoms with Gasteiger partial charge >= 0.3 is 29.6 Å². The summed E-state index contributed by atoms with van der Waals surface area (Å²) in [4.78, 5) is 27.5. The Hall–Kier alpha value is -3.34. The average molecular weight is 535 g/mol. The number of aromatic carboxylic acids is 1. The van der Waals surface area contributed by atoms with Crippen LogP contribution in [0.15, 0.2) is 60.9 Å². The van der Waals surface area contributed by atoms with Crippen LogP contribution >= 0.6 is 11.6 Å². The Morgan fingerprint density at radius 1 is 1.05 bits per heavy atom. The van der Waals surface area contributed by atoms with Crippen LogP contribution in [0.5, 0.6) is 0 Å². The first-order chi connectivity index (χ1) is 18.1. The molecule has 0 radical (unpaired) electrons. The molecule has 1 aliphatic rings. The second-order valence-electron chi connectivity index (χ2n) is 8.50. The second kappa shape index (κ2) is 11.2. The SMILES string of the molecule is O=C([O-])c1cccc2nc(/C=C/c3nc4c(N5CCOCC5)cc(Cl)nn4c3-c3cccnc3)ccc12.[Na+]. The van der Waals surface area contributed by atoms with Crippen molar-refractivity contribution in [3.8, 4) is 11.3 Å². The molecule has 0 N–H and O–H groups in total. The van der Waals surface area contributed by atoms with E-state index in [-0.39, 0.29) is 35.1 Å². The molecule has 9 nitrogen and oxygen atoms in total. The smallest absolute Gasteiger partial charge is 0.545 e. The van der Waals surface area contributed by atoms with Crippen molar-refractivity contribution in [2.45, 2.75) is 0 Å². The number of pyridine rings is 2. The van der Waals surface area contributed by atoms with Crippen LogP contribution in [-0.2, 0) is 4.74 Å². The van der Waals surface area contributed by atoms with E-state index in [2.05, 4.69) is 20.0 Å². The number of halogens is 1. The van der Waals surface area contributed by atoms with Crippen molar-refractivity contribution in [3.05, 3.63) is 83.0 Å². The van der Waals surface area contributed by atoms with Gasteiger partial charge in [-0.25, -0.2) is 14.5 Å². The molecule has 6 rings (SSSR count). The summed E-state index contributed by atoms with van der Waals surface area (Å²) in [7, 11) is 0. The molecule has 0 bridgehead atoms. The number of carboxylic acids is 1. The van der Waals surface area contributed by atoms with Gasteiger partial charge in [0.1, 0.15) is 5.69 Å². The van der Waals surface area contributed by atoms with Gasteiger partial charge in [-0.3, -0.25) is 4.98 Å². The summed E-state index contributed by atoms with van der Waals surface area (Å²) in [6.45, 7) is 2.71. The van der Waals surface area contributed by atoms with Crippen LogP contribution < -0.4 is 39.6 Å². The summed E-state index contributed by atoms with van der Waals surface area (Å²) in [5.41, 5.74) is 5.13. The fourth-order valence-electron chi connectivity index (χ4n) is 4.53. The normalized spacial score (nSPS) is 13.8. The van der Waals surface area contributed by atoms with Crippen LogP contribution in [0.2, 0.25) is 5.15 Å². The third-order valence-electron chi connectivity index (χ3n) is 6.23. The Morgan fingerprint density at radius 2 is 1.89 bits per heavy atom. The Balaban J connectivity index is 0.00000294. The van der Waals surface area contributed by atoms with Crippen molar-refractivity contribution in [3.63, 3.8) is 0 Å². The molecule has 1 aliphatic heterocycles. The Labute approximate surface area is 245 Å². The van der Waals surface area contributed by atoms with Crippen molar-refractivity contribution >= 4 is 52.0 Å². The van der Waals surface area contributed by atoms with Gasteiger partial charge < -0.3 is 19.5 Å². The zero-order chi connectivity index (χ0) is 25.4. The quantitative estimate of drug-likeness (QED) is 0.298. The monoisotopic (exact) mass is 534 g/mol. The van der Waals surface area contributed by atoms with Crippen LogP contribution in [0.25, 0.3) is 40.0 Å². The number of carbonyl (C=O) groups excluding carboxylic acids is 1. The van der Waals surface area contributed by atoms with Gasteiger partial charge in [-0.05, 0) is 36.4 Å². The second-order valence-corrected chi connectivity index (χ2v) is 8.89. The Morgan fingerprint density at radius 3 is 2.66 bits per heavy atom. The molecule has 0 saturated carbocycles. The largest absolute Gasteiger partial charge is 1.00 e. The molecule has 4 aromatic heterocycles. The number of morpholine rings is 1. The van der Waals surface area contributed by atoms with Crippen molar-refractivity contribution in [2.75, 3.05) is 31.2 Å². The number of anilines is 1. The number of benzene rings is 1. The minimum absolute atomic E-state index is 0. The number of nitrogens with zero attached hydrogens (tertiary/aromatic N) is 6. The average Bonchev–Trinajstić information content (AvgIpc) is 3.29. The van der Waals surface area contributed by atoms with Gasteiger partial charge in [0.05, 0.1) is 41.8 Å². The zero-order valence-corrected chi connectivity index (χ0v) is 23.3. The van der Waals surface area contributed by atoms with Crippen molar-refractivity contribution < 1.29 is 44.2 Å². The molecule has 0 unspecified atom stereocenters. The van der Waals surface area contributed by atoms with E-state index in [0.717, 1.165) is 30.0 Å². The summed E-state index contributed by atoms with van der Waals surface area (Å²) in [6.07, 6.45) is 7.17. The van der Waals surface area contributed by atoms with Crippen LogP contribution in [-0.4, -0.2) is 56.8 Å². The minimum Gasteiger partial charge on any atom is -0.545 e. The molecular weight excluding hydrogens is 515 g/mol. The third kappa shape index (κ3) is 5.03. The van der Waals surface area contributed by atoms with Gasteiger partial charge in [0.15, 0.2) is 10.8 Å². The van der Waals surface area contributed by atoms with Crippen molar-refractivity contribution in [1.29, 1.82) is 0 Å². The van der Waals surface area contributed by atoms with Crippen molar-refractivity contribution in [1.82, 2.24) is 24.6 Å². The number of aromatic nitrogens is 5. The summed E-state index contributed by atoms with van der Waals surface area (Å²) in [5.74, 6) is -1.23. The number of hydrogen-bond acceptors (Lipinski definition) is 8. The number of hydrogen-bond donors (Lipinski definition) is 0. The molecule has 184 valence electrons. The molecule has 1 aromatic carbocycles. The molecule has 1 saturated heterocycles. The van der Waals surface area contributed by atoms with E-state index in [4.69, 9.17) is 21.3 Å². The predicted molar refractivity (Wildman–Crippen MR) is 139 cm³/mol. The molecule has 0 spiro atoms. The molecular formula is C27H20ClN6NaO3. The number of fused-ring (bicyclic) bond motifs is 2. The van der Waals surface area contributed by atoms with Gasteiger partial charge in [0.25, 0.3) is 0 Å². The van der Waals surface area contributed by atoms with Crippen molar-refractivity contribution in [2.24, 2.45) is 0 Å². The van der Waals surface area contributed by atoms with Crippen LogP contribution in [0.1, 0.15) is 21.7 Å². The predicted octanol–water partition coefficient (Wildman–Crippen LogP) is 0.367. The number of imidazole rings is 1. The summed E-state index contributed by atoms with van der Waals surface area (Å²) in [5, 5.41) is 16.9. The van der Waals surface area contributed by atoms with E-state index >= 15 is 0 Å². The van der Waals surface area contributed by atoms with E-state index in [1.807, 2.05) is 30.4 Å². The summed E-state index contributed by atoms with van der Waals surface area (Å²) < 4.78 is 7.27. The first-order valence-electron chi connectivity index (χ1n) is 11.7. The molecule has 0 amide bonds. The van der Waals surface area contributed by atoms with Gasteiger partial charge in [-0.1, -0.05) is 29.8 Å². The van der Waals surface area contributed by atoms with E-state index in [1.54, 1.807) is 41.2 Å². The van der Waals surface area contributed by atoms with Crippen LogP contribution in [0.3, 0.4) is 0 Å². The van der Waals surface area contributed by atoms with Crippen LogP contribution in [0.4, 0.5) is 5.69 Å². The van der Waals surface area contributed by atoms with Gasteiger partial charge in [0.2, 0.25) is 0 Å². The maximum atomic E-state index is 11.4. The standard InChI is InChI=1S/C27H21ClN6O3.Na/c28-24-15-23(33-11-13-37-14-12-33)26-31-22(25(34(26)32-24)17-3-2-10-29-16-17)9-7-18-6-8-19-20(27(35)36)4-1-5-21(19)30-18;/h1-10,15-16H,11-14H2,(H,35,36);/q;+1/p-1/b9-7+;. The van der Waals surface area contributed by atoms with Gasteiger partial charge in [-0.2, -0.15) is 5.10 Å². The van der Waals surface area contributed by atoms with E-state index in [0.29, 0.717) is 46.3 Å². The molecule has 1 fully saturated rings. The topological polar surface area (TPSA) is 109 Å². The van der Waals surface area contributed by atoms with Gasteiger partial charge in [-0.15, -0.1) is 0 Å².